The van der Waals surface area contributed by atoms with Gasteiger partial charge < -0.3 is 10.0 Å². The van der Waals surface area contributed by atoms with Crippen molar-refractivity contribution in [1.29, 1.82) is 0 Å². The quantitative estimate of drug-likeness (QED) is 0.753. The molecule has 0 saturated heterocycles. The van der Waals surface area contributed by atoms with Gasteiger partial charge in [0, 0.05) is 18.3 Å². The SMILES string of the molecule is CSCC(C)N(C)CC1CCCCCC1O. The maximum Gasteiger partial charge on any atom is 0.0580 e. The Morgan fingerprint density at radius 3 is 2.69 bits per heavy atom. The standard InChI is InChI=1S/C13H27NOS/c1-11(10-16-3)14(2)9-12-7-5-4-6-8-13(12)15/h11-13,15H,4-10H2,1-3H3. The molecule has 1 rings (SSSR count). The first-order chi connectivity index (χ1) is 7.65. The van der Waals surface area contributed by atoms with Gasteiger partial charge in [0.1, 0.15) is 0 Å². The van der Waals surface area contributed by atoms with Gasteiger partial charge in [-0.15, -0.1) is 0 Å². The largest absolute Gasteiger partial charge is 0.393 e. The number of hydrogen-bond donors (Lipinski definition) is 1. The fraction of sp³-hybridized carbons (Fsp3) is 1.00. The number of aliphatic hydroxyl groups is 1. The number of hydrogen-bond acceptors (Lipinski definition) is 3. The average molecular weight is 245 g/mol. The van der Waals surface area contributed by atoms with Crippen LogP contribution < -0.4 is 0 Å². The van der Waals surface area contributed by atoms with Crippen LogP contribution in [0.5, 0.6) is 0 Å². The minimum atomic E-state index is -0.0635. The molecular weight excluding hydrogens is 218 g/mol. The summed E-state index contributed by atoms with van der Waals surface area (Å²) in [4.78, 5) is 2.41. The predicted molar refractivity (Wildman–Crippen MR) is 73.1 cm³/mol. The summed E-state index contributed by atoms with van der Waals surface area (Å²) >= 11 is 1.90. The molecule has 0 bridgehead atoms. The fourth-order valence-corrected chi connectivity index (χ4v) is 3.23. The van der Waals surface area contributed by atoms with Crippen LogP contribution in [0.1, 0.15) is 39.0 Å². The molecule has 0 aromatic carbocycles. The molecule has 0 heterocycles. The molecule has 3 atom stereocenters. The molecule has 0 aromatic rings. The fourth-order valence-electron chi connectivity index (χ4n) is 2.50. The van der Waals surface area contributed by atoms with E-state index in [4.69, 9.17) is 0 Å². The molecule has 96 valence electrons. The third-order valence-corrected chi connectivity index (χ3v) is 4.62. The zero-order valence-corrected chi connectivity index (χ0v) is 11.8. The Kier molecular flexibility index (Phi) is 6.78. The van der Waals surface area contributed by atoms with Crippen molar-refractivity contribution in [3.63, 3.8) is 0 Å². The van der Waals surface area contributed by atoms with Crippen LogP contribution in [0.3, 0.4) is 0 Å². The van der Waals surface area contributed by atoms with Crippen molar-refractivity contribution in [3.8, 4) is 0 Å². The summed E-state index contributed by atoms with van der Waals surface area (Å²) in [5.41, 5.74) is 0. The van der Waals surface area contributed by atoms with Gasteiger partial charge in [-0.25, -0.2) is 0 Å². The Balaban J connectivity index is 2.38. The molecule has 1 aliphatic rings. The van der Waals surface area contributed by atoms with E-state index in [0.717, 1.165) is 13.0 Å². The Labute approximate surface area is 105 Å². The molecule has 1 aliphatic carbocycles. The Bertz CT molecular complexity index is 189. The van der Waals surface area contributed by atoms with Crippen LogP contribution in [0.25, 0.3) is 0 Å². The number of aliphatic hydroxyl groups excluding tert-OH is 1. The first-order valence-corrected chi connectivity index (χ1v) is 7.91. The summed E-state index contributed by atoms with van der Waals surface area (Å²) in [6, 6.07) is 0.616. The lowest BCUT2D eigenvalue weighted by atomic mass is 9.96. The molecule has 3 heteroatoms. The Morgan fingerprint density at radius 2 is 2.00 bits per heavy atom. The number of thioether (sulfide) groups is 1. The first-order valence-electron chi connectivity index (χ1n) is 6.52. The Morgan fingerprint density at radius 1 is 1.31 bits per heavy atom. The van der Waals surface area contributed by atoms with E-state index in [1.807, 2.05) is 11.8 Å². The van der Waals surface area contributed by atoms with Crippen LogP contribution in [-0.4, -0.2) is 47.8 Å². The molecule has 0 radical (unpaired) electrons. The molecular formula is C13H27NOS. The summed E-state index contributed by atoms with van der Waals surface area (Å²) in [5.74, 6) is 1.68. The second-order valence-electron chi connectivity index (χ2n) is 5.21. The minimum absolute atomic E-state index is 0.0635. The minimum Gasteiger partial charge on any atom is -0.393 e. The monoisotopic (exact) mass is 245 g/mol. The van der Waals surface area contributed by atoms with Crippen molar-refractivity contribution in [3.05, 3.63) is 0 Å². The summed E-state index contributed by atoms with van der Waals surface area (Å²) in [6.07, 6.45) is 8.12. The molecule has 16 heavy (non-hydrogen) atoms. The molecule has 3 unspecified atom stereocenters. The van der Waals surface area contributed by atoms with E-state index in [0.29, 0.717) is 12.0 Å². The van der Waals surface area contributed by atoms with E-state index in [1.165, 1.54) is 31.4 Å². The maximum atomic E-state index is 10.1. The van der Waals surface area contributed by atoms with Crippen LogP contribution in [-0.2, 0) is 0 Å². The van der Waals surface area contributed by atoms with Gasteiger partial charge in [-0.3, -0.25) is 0 Å². The van der Waals surface area contributed by atoms with E-state index >= 15 is 0 Å². The van der Waals surface area contributed by atoms with Crippen LogP contribution >= 0.6 is 11.8 Å². The molecule has 2 nitrogen and oxygen atoms in total. The summed E-state index contributed by atoms with van der Waals surface area (Å²) in [6.45, 7) is 3.34. The zero-order valence-electron chi connectivity index (χ0n) is 11.0. The van der Waals surface area contributed by atoms with E-state index in [2.05, 4.69) is 25.1 Å². The highest BCUT2D eigenvalue weighted by molar-refractivity contribution is 7.98. The zero-order chi connectivity index (χ0) is 12.0. The van der Waals surface area contributed by atoms with Gasteiger partial charge in [0.05, 0.1) is 6.10 Å². The molecule has 1 saturated carbocycles. The van der Waals surface area contributed by atoms with Gasteiger partial charge in [-0.2, -0.15) is 11.8 Å². The molecule has 0 spiro atoms. The van der Waals surface area contributed by atoms with Gasteiger partial charge in [0.2, 0.25) is 0 Å². The number of rotatable bonds is 5. The van der Waals surface area contributed by atoms with E-state index in [1.54, 1.807) is 0 Å². The highest BCUT2D eigenvalue weighted by Crippen LogP contribution is 2.24. The highest BCUT2D eigenvalue weighted by Gasteiger charge is 2.24. The van der Waals surface area contributed by atoms with Crippen molar-refractivity contribution in [2.45, 2.75) is 51.2 Å². The van der Waals surface area contributed by atoms with Gasteiger partial charge in [-0.1, -0.05) is 19.3 Å². The maximum absolute atomic E-state index is 10.1. The van der Waals surface area contributed by atoms with Crippen LogP contribution in [0.2, 0.25) is 0 Å². The molecule has 0 aromatic heterocycles. The van der Waals surface area contributed by atoms with Crippen molar-refractivity contribution >= 4 is 11.8 Å². The van der Waals surface area contributed by atoms with Gasteiger partial charge >= 0.3 is 0 Å². The second kappa shape index (κ2) is 7.57. The summed E-state index contributed by atoms with van der Waals surface area (Å²) < 4.78 is 0. The Hall–Kier alpha value is 0.270. The lowest BCUT2D eigenvalue weighted by molar-refractivity contribution is 0.0735. The molecule has 0 aliphatic heterocycles. The summed E-state index contributed by atoms with van der Waals surface area (Å²) in [5, 5.41) is 10.1. The van der Waals surface area contributed by atoms with Crippen molar-refractivity contribution in [2.75, 3.05) is 25.6 Å². The third-order valence-electron chi connectivity index (χ3n) is 3.80. The van der Waals surface area contributed by atoms with Crippen molar-refractivity contribution in [2.24, 2.45) is 5.92 Å². The van der Waals surface area contributed by atoms with E-state index < -0.39 is 0 Å². The normalized spacial score (nSPS) is 29.1. The van der Waals surface area contributed by atoms with Crippen LogP contribution in [0, 0.1) is 5.92 Å². The summed E-state index contributed by atoms with van der Waals surface area (Å²) in [7, 11) is 2.19. The van der Waals surface area contributed by atoms with Gasteiger partial charge in [0.25, 0.3) is 0 Å². The van der Waals surface area contributed by atoms with Crippen molar-refractivity contribution < 1.29 is 5.11 Å². The highest BCUT2D eigenvalue weighted by atomic mass is 32.2. The van der Waals surface area contributed by atoms with Gasteiger partial charge in [0.15, 0.2) is 0 Å². The van der Waals surface area contributed by atoms with E-state index in [-0.39, 0.29) is 6.10 Å². The lowest BCUT2D eigenvalue weighted by Crippen LogP contribution is -2.38. The molecule has 0 amide bonds. The topological polar surface area (TPSA) is 23.5 Å². The molecule has 1 fully saturated rings. The van der Waals surface area contributed by atoms with E-state index in [9.17, 15) is 5.11 Å². The van der Waals surface area contributed by atoms with Gasteiger partial charge in [-0.05, 0) is 39.0 Å². The first kappa shape index (κ1) is 14.3. The van der Waals surface area contributed by atoms with Crippen LogP contribution in [0.15, 0.2) is 0 Å². The lowest BCUT2D eigenvalue weighted by Gasteiger charge is -2.30. The predicted octanol–water partition coefficient (Wildman–Crippen LogP) is 2.61. The average Bonchev–Trinajstić information content (AvgIpc) is 2.45. The number of nitrogens with zero attached hydrogens (tertiary/aromatic N) is 1. The smallest absolute Gasteiger partial charge is 0.0580 e. The molecule has 1 N–H and O–H groups in total. The second-order valence-corrected chi connectivity index (χ2v) is 6.12. The van der Waals surface area contributed by atoms with Crippen LogP contribution in [0.4, 0.5) is 0 Å². The third kappa shape index (κ3) is 4.64. The van der Waals surface area contributed by atoms with Crippen molar-refractivity contribution in [1.82, 2.24) is 4.90 Å².